The molecule has 6 heteroatoms. The summed E-state index contributed by atoms with van der Waals surface area (Å²) in [6, 6.07) is 0. The molecule has 2 fully saturated rings. The fraction of sp³-hybridized carbons (Fsp3) is 0.833. The summed E-state index contributed by atoms with van der Waals surface area (Å²) in [5.41, 5.74) is -1.24. The zero-order valence-corrected chi connectivity index (χ0v) is 10.3. The lowest BCUT2D eigenvalue weighted by atomic mass is 9.98. The predicted molar refractivity (Wildman–Crippen MR) is 62.2 cm³/mol. The van der Waals surface area contributed by atoms with Crippen LogP contribution in [0.25, 0.3) is 0 Å². The second-order valence-electron chi connectivity index (χ2n) is 4.93. The lowest BCUT2D eigenvalue weighted by Crippen LogP contribution is -2.55. The number of aliphatic carboxylic acids is 1. The monoisotopic (exact) mass is 257 g/mol. The van der Waals surface area contributed by atoms with Crippen LogP contribution in [0, 0.1) is 0 Å². The highest BCUT2D eigenvalue weighted by atomic mass is 16.5. The first-order valence-corrected chi connectivity index (χ1v) is 6.36. The van der Waals surface area contributed by atoms with E-state index in [1.807, 2.05) is 0 Å². The lowest BCUT2D eigenvalue weighted by Gasteiger charge is -2.26. The van der Waals surface area contributed by atoms with Crippen LogP contribution >= 0.6 is 0 Å². The van der Waals surface area contributed by atoms with E-state index in [2.05, 4.69) is 5.32 Å². The van der Waals surface area contributed by atoms with Crippen LogP contribution < -0.4 is 5.32 Å². The van der Waals surface area contributed by atoms with Crippen LogP contribution in [-0.4, -0.2) is 48.4 Å². The number of carbonyl (C=O) groups excluding carboxylic acids is 1. The van der Waals surface area contributed by atoms with Gasteiger partial charge in [0.1, 0.15) is 0 Å². The van der Waals surface area contributed by atoms with Crippen molar-refractivity contribution in [1.82, 2.24) is 5.32 Å². The Balaban J connectivity index is 1.87. The maximum Gasteiger partial charge on any atom is 0.331 e. The summed E-state index contributed by atoms with van der Waals surface area (Å²) in [6.45, 7) is 1.09. The van der Waals surface area contributed by atoms with Crippen molar-refractivity contribution in [2.24, 2.45) is 0 Å². The average molecular weight is 257 g/mol. The van der Waals surface area contributed by atoms with E-state index in [0.717, 1.165) is 19.3 Å². The van der Waals surface area contributed by atoms with E-state index in [4.69, 9.17) is 9.47 Å². The summed E-state index contributed by atoms with van der Waals surface area (Å²) in [7, 11) is 0. The first-order valence-electron chi connectivity index (χ1n) is 6.36. The quantitative estimate of drug-likeness (QED) is 0.757. The molecule has 1 amide bonds. The minimum atomic E-state index is -1.24. The molecule has 0 bridgehead atoms. The van der Waals surface area contributed by atoms with Gasteiger partial charge in [-0.2, -0.15) is 0 Å². The minimum absolute atomic E-state index is 0.0413. The SMILES string of the molecule is O=C(CC1CCCCO1)NC1(C(=O)O)CCOC1. The topological polar surface area (TPSA) is 84.9 Å². The number of ether oxygens (including phenoxy) is 2. The van der Waals surface area contributed by atoms with Crippen LogP contribution in [0.2, 0.25) is 0 Å². The molecule has 2 aliphatic rings. The smallest absolute Gasteiger partial charge is 0.331 e. The van der Waals surface area contributed by atoms with Crippen LogP contribution in [0.5, 0.6) is 0 Å². The fourth-order valence-corrected chi connectivity index (χ4v) is 2.38. The van der Waals surface area contributed by atoms with Crippen molar-refractivity contribution in [2.75, 3.05) is 19.8 Å². The molecular weight excluding hydrogens is 238 g/mol. The van der Waals surface area contributed by atoms with Gasteiger partial charge in [0.2, 0.25) is 5.91 Å². The summed E-state index contributed by atoms with van der Waals surface area (Å²) >= 11 is 0. The third kappa shape index (κ3) is 3.00. The average Bonchev–Trinajstić information content (AvgIpc) is 2.80. The van der Waals surface area contributed by atoms with Gasteiger partial charge in [-0.1, -0.05) is 0 Å². The van der Waals surface area contributed by atoms with Crippen LogP contribution in [0.15, 0.2) is 0 Å². The number of carboxylic acids is 1. The standard InChI is InChI=1S/C12H19NO5/c14-10(7-9-3-1-2-5-18-9)13-12(11(15)16)4-6-17-8-12/h9H,1-8H2,(H,13,14)(H,15,16). The molecule has 6 nitrogen and oxygen atoms in total. The summed E-state index contributed by atoms with van der Waals surface area (Å²) in [5.74, 6) is -1.30. The van der Waals surface area contributed by atoms with Gasteiger partial charge >= 0.3 is 5.97 Å². The Morgan fingerprint density at radius 3 is 2.72 bits per heavy atom. The maximum absolute atomic E-state index is 11.9. The number of nitrogens with one attached hydrogen (secondary N) is 1. The molecule has 0 aromatic carbocycles. The van der Waals surface area contributed by atoms with Gasteiger partial charge in [-0.05, 0) is 19.3 Å². The summed E-state index contributed by atoms with van der Waals surface area (Å²) < 4.78 is 10.6. The van der Waals surface area contributed by atoms with E-state index < -0.39 is 11.5 Å². The van der Waals surface area contributed by atoms with E-state index >= 15 is 0 Å². The van der Waals surface area contributed by atoms with Gasteiger partial charge < -0.3 is 19.9 Å². The molecule has 2 N–H and O–H groups in total. The summed E-state index contributed by atoms with van der Waals surface area (Å²) in [5, 5.41) is 11.8. The first kappa shape index (κ1) is 13.3. The van der Waals surface area contributed by atoms with Crippen molar-refractivity contribution in [2.45, 2.75) is 43.7 Å². The van der Waals surface area contributed by atoms with E-state index in [9.17, 15) is 14.7 Å². The van der Waals surface area contributed by atoms with Crippen LogP contribution in [0.1, 0.15) is 32.1 Å². The summed E-state index contributed by atoms with van der Waals surface area (Å²) in [4.78, 5) is 23.1. The Morgan fingerprint density at radius 2 is 2.17 bits per heavy atom. The number of hydrogen-bond acceptors (Lipinski definition) is 4. The molecule has 0 aliphatic carbocycles. The van der Waals surface area contributed by atoms with Crippen LogP contribution in [-0.2, 0) is 19.1 Å². The molecular formula is C12H19NO5. The largest absolute Gasteiger partial charge is 0.479 e. The molecule has 102 valence electrons. The van der Waals surface area contributed by atoms with Crippen molar-refractivity contribution in [1.29, 1.82) is 0 Å². The molecule has 0 spiro atoms. The number of rotatable bonds is 4. The molecule has 2 heterocycles. The Morgan fingerprint density at radius 1 is 1.33 bits per heavy atom. The Bertz CT molecular complexity index is 318. The molecule has 0 aromatic heterocycles. The second kappa shape index (κ2) is 5.67. The molecule has 0 aromatic rings. The molecule has 2 saturated heterocycles. The van der Waals surface area contributed by atoms with Crippen LogP contribution in [0.3, 0.4) is 0 Å². The van der Waals surface area contributed by atoms with Gasteiger partial charge in [0.25, 0.3) is 0 Å². The zero-order valence-electron chi connectivity index (χ0n) is 10.3. The van der Waals surface area contributed by atoms with E-state index in [1.165, 1.54) is 0 Å². The van der Waals surface area contributed by atoms with E-state index in [-0.39, 0.29) is 25.0 Å². The molecule has 2 unspecified atom stereocenters. The molecule has 18 heavy (non-hydrogen) atoms. The van der Waals surface area contributed by atoms with E-state index in [1.54, 1.807) is 0 Å². The highest BCUT2D eigenvalue weighted by molar-refractivity contribution is 5.87. The molecule has 0 saturated carbocycles. The van der Waals surface area contributed by atoms with Gasteiger partial charge in [0, 0.05) is 19.6 Å². The number of hydrogen-bond donors (Lipinski definition) is 2. The Hall–Kier alpha value is -1.14. The summed E-state index contributed by atoms with van der Waals surface area (Å²) in [6.07, 6.45) is 3.43. The van der Waals surface area contributed by atoms with Crippen molar-refractivity contribution in [3.05, 3.63) is 0 Å². The lowest BCUT2D eigenvalue weighted by molar-refractivity contribution is -0.148. The maximum atomic E-state index is 11.9. The van der Waals surface area contributed by atoms with Gasteiger partial charge in [-0.3, -0.25) is 4.79 Å². The number of carboxylic acid groups (broad SMARTS) is 1. The molecule has 2 aliphatic heterocycles. The fourth-order valence-electron chi connectivity index (χ4n) is 2.38. The molecule has 0 radical (unpaired) electrons. The van der Waals surface area contributed by atoms with Crippen LogP contribution in [0.4, 0.5) is 0 Å². The third-order valence-corrected chi connectivity index (χ3v) is 3.50. The zero-order chi connectivity index (χ0) is 13.0. The highest BCUT2D eigenvalue weighted by Gasteiger charge is 2.44. The van der Waals surface area contributed by atoms with Gasteiger partial charge in [-0.25, -0.2) is 4.79 Å². The second-order valence-corrected chi connectivity index (χ2v) is 4.93. The van der Waals surface area contributed by atoms with Gasteiger partial charge in [0.15, 0.2) is 5.54 Å². The molecule has 2 rings (SSSR count). The van der Waals surface area contributed by atoms with Crippen molar-refractivity contribution >= 4 is 11.9 Å². The van der Waals surface area contributed by atoms with Crippen molar-refractivity contribution in [3.63, 3.8) is 0 Å². The predicted octanol–water partition coefficient (Wildman–Crippen LogP) is 0.305. The van der Waals surface area contributed by atoms with Gasteiger partial charge in [0.05, 0.1) is 19.1 Å². The third-order valence-electron chi connectivity index (χ3n) is 3.50. The normalized spacial score (nSPS) is 32.1. The first-order chi connectivity index (χ1) is 8.62. The highest BCUT2D eigenvalue weighted by Crippen LogP contribution is 2.20. The Labute approximate surface area is 106 Å². The Kier molecular flexibility index (Phi) is 4.19. The van der Waals surface area contributed by atoms with Gasteiger partial charge in [-0.15, -0.1) is 0 Å². The van der Waals surface area contributed by atoms with E-state index in [0.29, 0.717) is 19.6 Å². The van der Waals surface area contributed by atoms with Crippen molar-refractivity contribution < 1.29 is 24.2 Å². The minimum Gasteiger partial charge on any atom is -0.479 e. The number of amides is 1. The molecule has 2 atom stereocenters. The van der Waals surface area contributed by atoms with Crippen molar-refractivity contribution in [3.8, 4) is 0 Å². The number of carbonyl (C=O) groups is 2.